The van der Waals surface area contributed by atoms with Gasteiger partial charge in [-0.25, -0.2) is 0 Å². The smallest absolute Gasteiger partial charge is 0.245 e. The lowest BCUT2D eigenvalue weighted by Gasteiger charge is -2.51. The fraction of sp³-hybridized carbons (Fsp3) is 0.652. The van der Waals surface area contributed by atoms with E-state index in [2.05, 4.69) is 5.32 Å². The summed E-state index contributed by atoms with van der Waals surface area (Å²) in [7, 11) is 0. The SMILES string of the molecule is CC(C)[C@@H](NC(=O)[C@H](N)CCCN)C(=O)N1CC[C@](O)(c2ccc(Cl)cc2)C(C)(C)C1. The Balaban J connectivity index is 2.14. The fourth-order valence-corrected chi connectivity index (χ4v) is 4.34. The maximum absolute atomic E-state index is 13.3. The monoisotopic (exact) mass is 452 g/mol. The normalized spacial score (nSPS) is 22.8. The van der Waals surface area contributed by atoms with Crippen LogP contribution in [0.1, 0.15) is 52.5 Å². The second-order valence-corrected chi connectivity index (χ2v) is 9.96. The minimum atomic E-state index is -1.09. The van der Waals surface area contributed by atoms with E-state index in [1.54, 1.807) is 17.0 Å². The predicted octanol–water partition coefficient (Wildman–Crippen LogP) is 1.99. The van der Waals surface area contributed by atoms with Gasteiger partial charge in [0.15, 0.2) is 0 Å². The highest BCUT2D eigenvalue weighted by Gasteiger charge is 2.50. The lowest BCUT2D eigenvalue weighted by Crippen LogP contribution is -2.61. The third kappa shape index (κ3) is 5.77. The molecule has 0 saturated carbocycles. The van der Waals surface area contributed by atoms with Crippen molar-refractivity contribution in [1.29, 1.82) is 0 Å². The van der Waals surface area contributed by atoms with Crippen molar-refractivity contribution < 1.29 is 14.7 Å². The highest BCUT2D eigenvalue weighted by molar-refractivity contribution is 6.30. The van der Waals surface area contributed by atoms with Gasteiger partial charge in [0.05, 0.1) is 11.6 Å². The highest BCUT2D eigenvalue weighted by Crippen LogP contribution is 2.46. The summed E-state index contributed by atoms with van der Waals surface area (Å²) in [5, 5.41) is 15.0. The molecule has 1 aliphatic rings. The molecule has 31 heavy (non-hydrogen) atoms. The van der Waals surface area contributed by atoms with Gasteiger partial charge < -0.3 is 26.8 Å². The van der Waals surface area contributed by atoms with Crippen LogP contribution in [0.2, 0.25) is 5.02 Å². The Labute approximate surface area is 190 Å². The molecule has 1 heterocycles. The molecule has 1 aromatic carbocycles. The maximum atomic E-state index is 13.3. The molecule has 1 aliphatic heterocycles. The molecule has 0 aliphatic carbocycles. The molecule has 1 aromatic rings. The van der Waals surface area contributed by atoms with Crippen molar-refractivity contribution in [2.45, 2.75) is 64.6 Å². The lowest BCUT2D eigenvalue weighted by atomic mass is 9.66. The van der Waals surface area contributed by atoms with Crippen LogP contribution >= 0.6 is 11.6 Å². The quantitative estimate of drug-likeness (QED) is 0.480. The number of nitrogens with one attached hydrogen (secondary N) is 1. The summed E-state index contributed by atoms with van der Waals surface area (Å²) in [5.74, 6) is -0.589. The van der Waals surface area contributed by atoms with E-state index < -0.39 is 23.1 Å². The number of benzene rings is 1. The van der Waals surface area contributed by atoms with E-state index in [0.717, 1.165) is 5.56 Å². The van der Waals surface area contributed by atoms with E-state index in [4.69, 9.17) is 23.1 Å². The van der Waals surface area contributed by atoms with E-state index >= 15 is 0 Å². The summed E-state index contributed by atoms with van der Waals surface area (Å²) in [6.45, 7) is 8.91. The number of rotatable bonds is 8. The molecular formula is C23H37ClN4O3. The Bertz CT molecular complexity index is 769. The Morgan fingerprint density at radius 3 is 2.39 bits per heavy atom. The molecule has 0 radical (unpaired) electrons. The zero-order valence-electron chi connectivity index (χ0n) is 19.0. The first-order chi connectivity index (χ1) is 14.4. The number of nitrogens with zero attached hydrogens (tertiary/aromatic N) is 1. The average molecular weight is 453 g/mol. The molecule has 1 saturated heterocycles. The Kier molecular flexibility index (Phi) is 8.50. The number of halogens is 1. The van der Waals surface area contributed by atoms with Crippen molar-refractivity contribution in [1.82, 2.24) is 10.2 Å². The van der Waals surface area contributed by atoms with Gasteiger partial charge in [-0.1, -0.05) is 51.4 Å². The van der Waals surface area contributed by atoms with Crippen LogP contribution in [-0.4, -0.2) is 53.5 Å². The molecule has 2 rings (SSSR count). The minimum Gasteiger partial charge on any atom is -0.384 e. The molecule has 0 unspecified atom stereocenters. The van der Waals surface area contributed by atoms with Crippen LogP contribution in [0.3, 0.4) is 0 Å². The largest absolute Gasteiger partial charge is 0.384 e. The topological polar surface area (TPSA) is 122 Å². The summed E-state index contributed by atoms with van der Waals surface area (Å²) in [4.78, 5) is 27.6. The zero-order valence-corrected chi connectivity index (χ0v) is 19.8. The highest BCUT2D eigenvalue weighted by atomic mass is 35.5. The molecule has 0 bridgehead atoms. The molecule has 7 nitrogen and oxygen atoms in total. The Morgan fingerprint density at radius 2 is 1.87 bits per heavy atom. The van der Waals surface area contributed by atoms with Crippen LogP contribution in [0.15, 0.2) is 24.3 Å². The van der Waals surface area contributed by atoms with E-state index in [0.29, 0.717) is 43.9 Å². The van der Waals surface area contributed by atoms with Crippen LogP contribution < -0.4 is 16.8 Å². The van der Waals surface area contributed by atoms with Crippen LogP contribution in [0, 0.1) is 11.3 Å². The van der Waals surface area contributed by atoms with Gasteiger partial charge in [-0.2, -0.15) is 0 Å². The summed E-state index contributed by atoms with van der Waals surface area (Å²) >= 11 is 6.00. The van der Waals surface area contributed by atoms with Crippen LogP contribution in [-0.2, 0) is 15.2 Å². The fourth-order valence-electron chi connectivity index (χ4n) is 4.21. The standard InChI is InChI=1S/C23H37ClN4O3/c1-15(2)19(27-20(29)18(26)6-5-12-25)21(30)28-13-11-23(31,22(3,4)14-28)16-7-9-17(24)10-8-16/h7-10,15,18-19,31H,5-6,11-14,25-26H2,1-4H3,(H,27,29)/t18-,19-,23+/m1/s1. The zero-order chi connectivity index (χ0) is 23.4. The molecule has 6 N–H and O–H groups in total. The van der Waals surface area contributed by atoms with Crippen molar-refractivity contribution in [3.63, 3.8) is 0 Å². The third-order valence-electron chi connectivity index (χ3n) is 6.37. The van der Waals surface area contributed by atoms with Crippen LogP contribution in [0.5, 0.6) is 0 Å². The first kappa shape index (κ1) is 25.6. The number of carbonyl (C=O) groups is 2. The summed E-state index contributed by atoms with van der Waals surface area (Å²) < 4.78 is 0. The number of amides is 2. The number of aliphatic hydroxyl groups is 1. The maximum Gasteiger partial charge on any atom is 0.245 e. The average Bonchev–Trinajstić information content (AvgIpc) is 2.71. The number of hydrogen-bond donors (Lipinski definition) is 4. The van der Waals surface area contributed by atoms with Crippen molar-refractivity contribution in [3.05, 3.63) is 34.9 Å². The Morgan fingerprint density at radius 1 is 1.26 bits per heavy atom. The number of hydrogen-bond acceptors (Lipinski definition) is 5. The van der Waals surface area contributed by atoms with Crippen molar-refractivity contribution in [2.75, 3.05) is 19.6 Å². The van der Waals surface area contributed by atoms with Gasteiger partial charge in [-0.05, 0) is 49.4 Å². The van der Waals surface area contributed by atoms with E-state index in [-0.39, 0.29) is 17.7 Å². The molecule has 8 heteroatoms. The van der Waals surface area contributed by atoms with Crippen molar-refractivity contribution in [2.24, 2.45) is 22.8 Å². The lowest BCUT2D eigenvalue weighted by molar-refractivity contribution is -0.156. The van der Waals surface area contributed by atoms with Crippen molar-refractivity contribution >= 4 is 23.4 Å². The molecule has 1 fully saturated rings. The van der Waals surface area contributed by atoms with Gasteiger partial charge in [0.1, 0.15) is 6.04 Å². The van der Waals surface area contributed by atoms with E-state index in [9.17, 15) is 14.7 Å². The summed E-state index contributed by atoms with van der Waals surface area (Å²) in [5.41, 5.74) is 10.5. The third-order valence-corrected chi connectivity index (χ3v) is 6.62. The van der Waals surface area contributed by atoms with Crippen molar-refractivity contribution in [3.8, 4) is 0 Å². The first-order valence-electron chi connectivity index (χ1n) is 11.0. The molecule has 2 amide bonds. The predicted molar refractivity (Wildman–Crippen MR) is 123 cm³/mol. The summed E-state index contributed by atoms with van der Waals surface area (Å²) in [6.07, 6.45) is 1.52. The number of likely N-dealkylation sites (tertiary alicyclic amines) is 1. The van der Waals surface area contributed by atoms with E-state index in [1.165, 1.54) is 0 Å². The number of nitrogens with two attached hydrogens (primary N) is 2. The molecule has 174 valence electrons. The summed E-state index contributed by atoms with van der Waals surface area (Å²) in [6, 6.07) is 5.84. The molecular weight excluding hydrogens is 416 g/mol. The van der Waals surface area contributed by atoms with Gasteiger partial charge in [-0.3, -0.25) is 9.59 Å². The van der Waals surface area contributed by atoms with Crippen LogP contribution in [0.25, 0.3) is 0 Å². The Hall–Kier alpha value is -1.67. The van der Waals surface area contributed by atoms with Gasteiger partial charge in [0, 0.05) is 23.5 Å². The number of carbonyl (C=O) groups excluding carboxylic acids is 2. The second kappa shape index (κ2) is 10.3. The molecule has 3 atom stereocenters. The number of piperidine rings is 1. The van der Waals surface area contributed by atoms with Gasteiger partial charge in [0.25, 0.3) is 0 Å². The first-order valence-corrected chi connectivity index (χ1v) is 11.3. The van der Waals surface area contributed by atoms with Gasteiger partial charge in [0.2, 0.25) is 11.8 Å². The van der Waals surface area contributed by atoms with E-state index in [1.807, 2.05) is 39.8 Å². The van der Waals surface area contributed by atoms with Gasteiger partial charge in [-0.15, -0.1) is 0 Å². The van der Waals surface area contributed by atoms with Gasteiger partial charge >= 0.3 is 0 Å². The van der Waals surface area contributed by atoms with Crippen LogP contribution in [0.4, 0.5) is 0 Å². The molecule has 0 aromatic heterocycles. The minimum absolute atomic E-state index is 0.0988. The molecule has 0 spiro atoms. The second-order valence-electron chi connectivity index (χ2n) is 9.53.